The fourth-order valence-electron chi connectivity index (χ4n) is 3.19. The normalized spacial score (nSPS) is 16.2. The van der Waals surface area contributed by atoms with Crippen LogP contribution in [-0.4, -0.2) is 55.7 Å². The van der Waals surface area contributed by atoms with Crippen molar-refractivity contribution < 1.29 is 35.9 Å². The molecule has 0 radical (unpaired) electrons. The molecule has 3 rings (SSSR count). The van der Waals surface area contributed by atoms with Crippen LogP contribution in [0.15, 0.2) is 53.7 Å². The second kappa shape index (κ2) is 9.75. The van der Waals surface area contributed by atoms with Crippen LogP contribution in [0.2, 0.25) is 0 Å². The highest BCUT2D eigenvalue weighted by Gasteiger charge is 2.32. The van der Waals surface area contributed by atoms with Crippen LogP contribution < -0.4 is 4.74 Å². The zero-order chi connectivity index (χ0) is 22.5. The van der Waals surface area contributed by atoms with Gasteiger partial charge in [0.05, 0.1) is 11.0 Å². The number of Topliss-reactive ketones (excluding diaryl/α,β-unsaturated/α-hetero) is 1. The Morgan fingerprint density at radius 1 is 1.06 bits per heavy atom. The summed E-state index contributed by atoms with van der Waals surface area (Å²) in [6.45, 7) is 0.319. The Kier molecular flexibility index (Phi) is 7.29. The number of ether oxygens (including phenoxy) is 2. The van der Waals surface area contributed by atoms with Gasteiger partial charge >= 0.3 is 6.36 Å². The minimum Gasteiger partial charge on any atom is -0.406 e. The maximum absolute atomic E-state index is 12.7. The molecule has 0 aliphatic carbocycles. The molecule has 1 saturated heterocycles. The Morgan fingerprint density at radius 3 is 2.26 bits per heavy atom. The number of halogens is 3. The van der Waals surface area contributed by atoms with Crippen molar-refractivity contribution >= 4 is 15.8 Å². The van der Waals surface area contributed by atoms with E-state index < -0.39 is 22.1 Å². The number of ketones is 1. The first-order valence-electron chi connectivity index (χ1n) is 9.52. The smallest absolute Gasteiger partial charge is 0.406 e. The Labute approximate surface area is 177 Å². The van der Waals surface area contributed by atoms with E-state index in [9.17, 15) is 26.4 Å². The maximum atomic E-state index is 12.7. The zero-order valence-electron chi connectivity index (χ0n) is 16.4. The van der Waals surface area contributed by atoms with Crippen molar-refractivity contribution in [1.29, 1.82) is 0 Å². The molecule has 1 aliphatic rings. The first-order valence-corrected chi connectivity index (χ1v) is 11.0. The molecular formula is C20H21F3N2O5S. The average Bonchev–Trinajstić information content (AvgIpc) is 2.72. The molecule has 0 amide bonds. The summed E-state index contributed by atoms with van der Waals surface area (Å²) in [5.41, 5.74) is 0.844. The highest BCUT2D eigenvalue weighted by atomic mass is 32.2. The van der Waals surface area contributed by atoms with Crippen LogP contribution in [0.4, 0.5) is 13.2 Å². The average molecular weight is 458 g/mol. The molecule has 11 heteroatoms. The van der Waals surface area contributed by atoms with Gasteiger partial charge in [-0.25, -0.2) is 8.42 Å². The van der Waals surface area contributed by atoms with E-state index in [2.05, 4.69) is 9.72 Å². The van der Waals surface area contributed by atoms with Crippen LogP contribution in [0.5, 0.6) is 5.75 Å². The number of piperidine rings is 1. The van der Waals surface area contributed by atoms with E-state index in [1.54, 1.807) is 24.5 Å². The number of hydrogen-bond acceptors (Lipinski definition) is 6. The minimum atomic E-state index is -4.85. The summed E-state index contributed by atoms with van der Waals surface area (Å²) in [7, 11) is -3.85. The third kappa shape index (κ3) is 6.74. The van der Waals surface area contributed by atoms with E-state index in [1.165, 1.54) is 4.31 Å². The van der Waals surface area contributed by atoms with Gasteiger partial charge in [-0.1, -0.05) is 0 Å². The van der Waals surface area contributed by atoms with Crippen molar-refractivity contribution in [1.82, 2.24) is 9.29 Å². The number of carbonyl (C=O) groups excluding carboxylic acids is 1. The summed E-state index contributed by atoms with van der Waals surface area (Å²) in [4.78, 5) is 15.8. The lowest BCUT2D eigenvalue weighted by Gasteiger charge is -2.31. The maximum Gasteiger partial charge on any atom is 0.573 e. The predicted molar refractivity (Wildman–Crippen MR) is 104 cm³/mol. The van der Waals surface area contributed by atoms with Crippen molar-refractivity contribution in [3.05, 3.63) is 54.4 Å². The number of aromatic nitrogens is 1. The molecule has 0 saturated carbocycles. The molecule has 1 aromatic carbocycles. The summed E-state index contributed by atoms with van der Waals surface area (Å²) in [6, 6.07) is 7.59. The fourth-order valence-corrected chi connectivity index (χ4v) is 4.66. The molecule has 0 atom stereocenters. The van der Waals surface area contributed by atoms with Gasteiger partial charge in [-0.2, -0.15) is 4.31 Å². The Hall–Kier alpha value is -2.50. The van der Waals surface area contributed by atoms with Gasteiger partial charge < -0.3 is 9.47 Å². The molecule has 2 aromatic rings. The van der Waals surface area contributed by atoms with E-state index >= 15 is 0 Å². The monoisotopic (exact) mass is 458 g/mol. The van der Waals surface area contributed by atoms with Crippen molar-refractivity contribution in [3.63, 3.8) is 0 Å². The van der Waals surface area contributed by atoms with Gasteiger partial charge in [0.15, 0.2) is 5.78 Å². The highest BCUT2D eigenvalue weighted by Crippen LogP contribution is 2.26. The lowest BCUT2D eigenvalue weighted by molar-refractivity contribution is -0.274. The minimum absolute atomic E-state index is 0.0552. The molecule has 1 aromatic heterocycles. The van der Waals surface area contributed by atoms with Gasteiger partial charge in [0.1, 0.15) is 12.4 Å². The topological polar surface area (TPSA) is 85.8 Å². The fraction of sp³-hybridized carbons (Fsp3) is 0.400. The molecule has 0 spiro atoms. The number of rotatable bonds is 8. The van der Waals surface area contributed by atoms with Crippen LogP contribution in [0, 0.1) is 0 Å². The van der Waals surface area contributed by atoms with Crippen molar-refractivity contribution in [3.8, 4) is 5.75 Å². The standard InChI is InChI=1S/C20H21F3N2O5S/c21-20(22,23)30-18-1-3-19(4-2-18)31(27,28)25-11-7-17(8-12-25)29-14-16(26)13-15-5-9-24-10-6-15/h1-6,9-10,17H,7-8,11-14H2. The number of pyridine rings is 1. The Morgan fingerprint density at radius 2 is 1.68 bits per heavy atom. The van der Waals surface area contributed by atoms with E-state index in [-0.39, 0.29) is 42.9 Å². The van der Waals surface area contributed by atoms with Gasteiger partial charge in [0.25, 0.3) is 0 Å². The quantitative estimate of drug-likeness (QED) is 0.605. The van der Waals surface area contributed by atoms with Crippen molar-refractivity contribution in [2.24, 2.45) is 0 Å². The molecule has 2 heterocycles. The third-order valence-electron chi connectivity index (χ3n) is 4.73. The van der Waals surface area contributed by atoms with Crippen molar-refractivity contribution in [2.75, 3.05) is 19.7 Å². The number of nitrogens with zero attached hydrogens (tertiary/aromatic N) is 2. The molecule has 31 heavy (non-hydrogen) atoms. The molecule has 0 N–H and O–H groups in total. The molecule has 0 unspecified atom stereocenters. The lowest BCUT2D eigenvalue weighted by Crippen LogP contribution is -2.41. The summed E-state index contributed by atoms with van der Waals surface area (Å²) in [5, 5.41) is 0. The summed E-state index contributed by atoms with van der Waals surface area (Å²) >= 11 is 0. The van der Waals surface area contributed by atoms with Crippen LogP contribution in [0.3, 0.4) is 0 Å². The highest BCUT2D eigenvalue weighted by molar-refractivity contribution is 7.89. The lowest BCUT2D eigenvalue weighted by atomic mass is 10.1. The zero-order valence-corrected chi connectivity index (χ0v) is 17.2. The van der Waals surface area contributed by atoms with E-state index in [4.69, 9.17) is 4.74 Å². The Bertz CT molecular complexity index is 974. The number of carbonyl (C=O) groups is 1. The first-order chi connectivity index (χ1) is 14.6. The van der Waals surface area contributed by atoms with Gasteiger partial charge in [-0.3, -0.25) is 9.78 Å². The number of alkyl halides is 3. The van der Waals surface area contributed by atoms with Gasteiger partial charge in [-0.15, -0.1) is 13.2 Å². The van der Waals surface area contributed by atoms with E-state index in [1.807, 2.05) is 0 Å². The molecule has 1 aliphatic heterocycles. The summed E-state index contributed by atoms with van der Waals surface area (Å²) in [6.07, 6.45) is -0.803. The molecule has 7 nitrogen and oxygen atoms in total. The number of hydrogen-bond donors (Lipinski definition) is 0. The molecule has 1 fully saturated rings. The van der Waals surface area contributed by atoms with Crippen LogP contribution in [0.1, 0.15) is 18.4 Å². The summed E-state index contributed by atoms with van der Waals surface area (Å²) in [5.74, 6) is -0.572. The van der Waals surface area contributed by atoms with Gasteiger partial charge in [0, 0.05) is 31.9 Å². The van der Waals surface area contributed by atoms with E-state index in [0.29, 0.717) is 12.8 Å². The first kappa shape index (κ1) is 23.2. The number of sulfonamides is 1. The predicted octanol–water partition coefficient (Wildman–Crippen LogP) is 2.96. The molecular weight excluding hydrogens is 437 g/mol. The molecule has 168 valence electrons. The van der Waals surface area contributed by atoms with Crippen molar-refractivity contribution in [2.45, 2.75) is 36.6 Å². The second-order valence-electron chi connectivity index (χ2n) is 7.00. The summed E-state index contributed by atoms with van der Waals surface area (Å²) < 4.78 is 72.8. The van der Waals surface area contributed by atoms with E-state index in [0.717, 1.165) is 29.8 Å². The van der Waals surface area contributed by atoms with Crippen LogP contribution in [0.25, 0.3) is 0 Å². The van der Waals surface area contributed by atoms with Gasteiger partial charge in [-0.05, 0) is 54.8 Å². The van der Waals surface area contributed by atoms with Gasteiger partial charge in [0.2, 0.25) is 10.0 Å². The van der Waals surface area contributed by atoms with Crippen LogP contribution in [-0.2, 0) is 26.0 Å². The molecule has 0 bridgehead atoms. The SMILES string of the molecule is O=C(COC1CCN(S(=O)(=O)c2ccc(OC(F)(F)F)cc2)CC1)Cc1ccncc1. The third-order valence-corrected chi connectivity index (χ3v) is 6.64. The largest absolute Gasteiger partial charge is 0.573 e. The Balaban J connectivity index is 1.48. The second-order valence-corrected chi connectivity index (χ2v) is 8.94. The van der Waals surface area contributed by atoms with Crippen LogP contribution >= 0.6 is 0 Å². The number of benzene rings is 1.